The van der Waals surface area contributed by atoms with Crippen LogP contribution in [0.25, 0.3) is 0 Å². The molecule has 0 aliphatic carbocycles. The molecule has 0 saturated carbocycles. The van der Waals surface area contributed by atoms with Crippen LogP contribution < -0.4 is 5.32 Å². The van der Waals surface area contributed by atoms with Crippen molar-refractivity contribution in [2.45, 2.75) is 50.6 Å². The average Bonchev–Trinajstić information content (AvgIpc) is 2.75. The molecule has 0 radical (unpaired) electrons. The number of sulfonamides is 1. The second-order valence-corrected chi connectivity index (χ2v) is 10.7. The van der Waals surface area contributed by atoms with E-state index < -0.39 is 16.1 Å². The zero-order valence-corrected chi connectivity index (χ0v) is 19.3. The van der Waals surface area contributed by atoms with Crippen molar-refractivity contribution in [1.82, 2.24) is 9.62 Å². The van der Waals surface area contributed by atoms with Crippen molar-refractivity contribution < 1.29 is 13.2 Å². The van der Waals surface area contributed by atoms with Crippen molar-refractivity contribution in [1.29, 1.82) is 0 Å². The van der Waals surface area contributed by atoms with Crippen LogP contribution in [0.1, 0.15) is 36.5 Å². The van der Waals surface area contributed by atoms with E-state index in [2.05, 4.69) is 12.2 Å². The molecule has 0 aromatic heterocycles. The number of fused-ring (bicyclic) bond motifs is 1. The van der Waals surface area contributed by atoms with Crippen LogP contribution in [0.3, 0.4) is 0 Å². The van der Waals surface area contributed by atoms with Gasteiger partial charge in [0.2, 0.25) is 15.9 Å². The van der Waals surface area contributed by atoms with Crippen molar-refractivity contribution in [3.8, 4) is 0 Å². The van der Waals surface area contributed by atoms with Crippen molar-refractivity contribution in [2.75, 3.05) is 18.1 Å². The molecular weight excluding hydrogens is 416 g/mol. The SMILES string of the molecule is CCCSCCCNC(=O)C1Cc2ccccc2CN1S(=O)(=O)c1ccc(C)cc1. The van der Waals surface area contributed by atoms with Gasteiger partial charge >= 0.3 is 0 Å². The molecule has 5 nitrogen and oxygen atoms in total. The first-order valence-electron chi connectivity index (χ1n) is 10.4. The van der Waals surface area contributed by atoms with Gasteiger partial charge in [0.15, 0.2) is 0 Å². The van der Waals surface area contributed by atoms with E-state index in [1.54, 1.807) is 24.3 Å². The Kier molecular flexibility index (Phi) is 7.97. The molecule has 1 aliphatic heterocycles. The van der Waals surface area contributed by atoms with Crippen LogP contribution in [0.5, 0.6) is 0 Å². The standard InChI is InChI=1S/C23H30N2O3S2/c1-3-14-29-15-6-13-24-23(26)22-16-19-7-4-5-8-20(19)17-25(22)30(27,28)21-11-9-18(2)10-12-21/h4-5,7-12,22H,3,6,13-17H2,1-2H3,(H,24,26). The molecule has 162 valence electrons. The number of amides is 1. The van der Waals surface area contributed by atoms with Crippen LogP contribution in [0.4, 0.5) is 0 Å². The minimum Gasteiger partial charge on any atom is -0.355 e. The van der Waals surface area contributed by atoms with Crippen molar-refractivity contribution >= 4 is 27.7 Å². The quantitative estimate of drug-likeness (QED) is 0.596. The highest BCUT2D eigenvalue weighted by molar-refractivity contribution is 7.99. The molecule has 0 bridgehead atoms. The Morgan fingerprint density at radius 1 is 1.10 bits per heavy atom. The van der Waals surface area contributed by atoms with Crippen LogP contribution in [0.15, 0.2) is 53.4 Å². The monoisotopic (exact) mass is 446 g/mol. The van der Waals surface area contributed by atoms with Gasteiger partial charge in [-0.3, -0.25) is 4.79 Å². The minimum absolute atomic E-state index is 0.205. The zero-order chi connectivity index (χ0) is 21.6. The molecule has 2 aromatic carbocycles. The third-order valence-electron chi connectivity index (χ3n) is 5.25. The summed E-state index contributed by atoms with van der Waals surface area (Å²) in [6.07, 6.45) is 2.41. The Morgan fingerprint density at radius 3 is 2.50 bits per heavy atom. The number of carbonyl (C=O) groups is 1. The number of thioether (sulfide) groups is 1. The second kappa shape index (κ2) is 10.5. The Balaban J connectivity index is 1.79. The van der Waals surface area contributed by atoms with E-state index in [9.17, 15) is 13.2 Å². The largest absolute Gasteiger partial charge is 0.355 e. The summed E-state index contributed by atoms with van der Waals surface area (Å²) in [7, 11) is -3.79. The van der Waals surface area contributed by atoms with Crippen molar-refractivity contribution in [3.63, 3.8) is 0 Å². The minimum atomic E-state index is -3.79. The number of rotatable bonds is 9. The Hall–Kier alpha value is -1.83. The molecule has 0 fully saturated rings. The Morgan fingerprint density at radius 2 is 1.80 bits per heavy atom. The first-order valence-corrected chi connectivity index (χ1v) is 13.0. The van der Waals surface area contributed by atoms with Crippen LogP contribution in [-0.4, -0.2) is 42.7 Å². The summed E-state index contributed by atoms with van der Waals surface area (Å²) in [6.45, 7) is 4.84. The summed E-state index contributed by atoms with van der Waals surface area (Å²) < 4.78 is 28.2. The molecule has 1 atom stereocenters. The predicted octanol–water partition coefficient (Wildman–Crippen LogP) is 3.76. The topological polar surface area (TPSA) is 66.5 Å². The summed E-state index contributed by atoms with van der Waals surface area (Å²) in [5.41, 5.74) is 2.98. The molecule has 1 N–H and O–H groups in total. The summed E-state index contributed by atoms with van der Waals surface area (Å²) in [6, 6.07) is 13.8. The van der Waals surface area contributed by atoms with E-state index in [1.165, 1.54) is 4.31 Å². The van der Waals surface area contributed by atoms with Gasteiger partial charge in [0, 0.05) is 13.1 Å². The lowest BCUT2D eigenvalue weighted by atomic mass is 9.95. The first-order chi connectivity index (χ1) is 14.4. The molecule has 1 amide bonds. The molecule has 7 heteroatoms. The van der Waals surface area contributed by atoms with Gasteiger partial charge in [0.25, 0.3) is 0 Å². The number of hydrogen-bond acceptors (Lipinski definition) is 4. The first kappa shape index (κ1) is 22.8. The molecule has 30 heavy (non-hydrogen) atoms. The maximum atomic E-state index is 13.4. The fourth-order valence-corrected chi connectivity index (χ4v) is 5.98. The van der Waals surface area contributed by atoms with Crippen LogP contribution >= 0.6 is 11.8 Å². The molecule has 1 heterocycles. The van der Waals surface area contributed by atoms with Crippen LogP contribution in [0.2, 0.25) is 0 Å². The van der Waals surface area contributed by atoms with Crippen molar-refractivity contribution in [2.24, 2.45) is 0 Å². The van der Waals surface area contributed by atoms with Gasteiger partial charge in [-0.05, 0) is 61.0 Å². The molecule has 0 saturated heterocycles. The maximum absolute atomic E-state index is 13.4. The number of aryl methyl sites for hydroxylation is 1. The molecule has 1 unspecified atom stereocenters. The molecule has 2 aromatic rings. The van der Waals surface area contributed by atoms with Crippen LogP contribution in [0, 0.1) is 6.92 Å². The highest BCUT2D eigenvalue weighted by atomic mass is 32.2. The lowest BCUT2D eigenvalue weighted by molar-refractivity contribution is -0.125. The molecule has 3 rings (SSSR count). The van der Waals surface area contributed by atoms with Gasteiger partial charge in [0.05, 0.1) is 4.90 Å². The van der Waals surface area contributed by atoms with Crippen molar-refractivity contribution in [3.05, 3.63) is 65.2 Å². The summed E-state index contributed by atoms with van der Waals surface area (Å²) in [5, 5.41) is 2.96. The number of hydrogen-bond donors (Lipinski definition) is 1. The molecule has 0 spiro atoms. The number of nitrogens with zero attached hydrogens (tertiary/aromatic N) is 1. The zero-order valence-electron chi connectivity index (χ0n) is 17.6. The van der Waals surface area contributed by atoms with E-state index in [1.807, 2.05) is 43.0 Å². The smallest absolute Gasteiger partial charge is 0.244 e. The average molecular weight is 447 g/mol. The fourth-order valence-electron chi connectivity index (χ4n) is 3.57. The lowest BCUT2D eigenvalue weighted by Crippen LogP contribution is -2.52. The lowest BCUT2D eigenvalue weighted by Gasteiger charge is -2.35. The van der Waals surface area contributed by atoms with E-state index >= 15 is 0 Å². The molecule has 1 aliphatic rings. The molecular formula is C23H30N2O3S2. The van der Waals surface area contributed by atoms with Gasteiger partial charge in [-0.2, -0.15) is 16.1 Å². The summed E-state index contributed by atoms with van der Waals surface area (Å²) in [5.74, 6) is 1.89. The van der Waals surface area contributed by atoms with E-state index in [0.29, 0.717) is 13.0 Å². The predicted molar refractivity (Wildman–Crippen MR) is 123 cm³/mol. The van der Waals surface area contributed by atoms with Gasteiger partial charge < -0.3 is 5.32 Å². The maximum Gasteiger partial charge on any atom is 0.244 e. The van der Waals surface area contributed by atoms with E-state index in [-0.39, 0.29) is 17.3 Å². The van der Waals surface area contributed by atoms with Gasteiger partial charge in [-0.25, -0.2) is 8.42 Å². The number of carbonyl (C=O) groups excluding carboxylic acids is 1. The number of nitrogens with one attached hydrogen (secondary N) is 1. The van der Waals surface area contributed by atoms with E-state index in [0.717, 1.165) is 41.0 Å². The fraction of sp³-hybridized carbons (Fsp3) is 0.435. The van der Waals surface area contributed by atoms with Crippen LogP contribution in [-0.2, 0) is 27.8 Å². The summed E-state index contributed by atoms with van der Waals surface area (Å²) >= 11 is 1.88. The highest BCUT2D eigenvalue weighted by Gasteiger charge is 2.39. The Bertz CT molecular complexity index is 959. The third kappa shape index (κ3) is 5.45. The summed E-state index contributed by atoms with van der Waals surface area (Å²) in [4.78, 5) is 13.2. The third-order valence-corrected chi connectivity index (χ3v) is 8.39. The van der Waals surface area contributed by atoms with Gasteiger partial charge in [0.1, 0.15) is 6.04 Å². The number of benzene rings is 2. The second-order valence-electron chi connectivity index (χ2n) is 7.61. The Labute approximate surface area is 184 Å². The normalized spacial score (nSPS) is 16.8. The van der Waals surface area contributed by atoms with Gasteiger partial charge in [-0.1, -0.05) is 48.9 Å². The highest BCUT2D eigenvalue weighted by Crippen LogP contribution is 2.29. The van der Waals surface area contributed by atoms with E-state index in [4.69, 9.17) is 0 Å². The van der Waals surface area contributed by atoms with Gasteiger partial charge in [-0.15, -0.1) is 0 Å².